The fourth-order valence-electron chi connectivity index (χ4n) is 8.54. The number of aliphatic carboxylic acids is 1. The van der Waals surface area contributed by atoms with Crippen molar-refractivity contribution in [3.8, 4) is 0 Å². The van der Waals surface area contributed by atoms with E-state index < -0.39 is 165 Å². The maximum Gasteiger partial charge on any atom is 0.328 e. The van der Waals surface area contributed by atoms with E-state index in [-0.39, 0.29) is 51.9 Å². The van der Waals surface area contributed by atoms with Crippen LogP contribution in [0.15, 0.2) is 0 Å². The van der Waals surface area contributed by atoms with E-state index in [0.717, 1.165) is 0 Å². The lowest BCUT2D eigenvalue weighted by Crippen LogP contribution is -2.59. The second-order valence-electron chi connectivity index (χ2n) is 17.2. The molecule has 4 fully saturated rings. The van der Waals surface area contributed by atoms with Gasteiger partial charge in [-0.3, -0.25) is 52.7 Å². The molecule has 0 aliphatic carbocycles. The van der Waals surface area contributed by atoms with Crippen molar-refractivity contribution in [2.24, 2.45) is 5.73 Å². The molecule has 384 valence electrons. The lowest BCUT2D eigenvalue weighted by Gasteiger charge is -2.34. The first-order valence-corrected chi connectivity index (χ1v) is 22.8. The van der Waals surface area contributed by atoms with Crippen molar-refractivity contribution in [3.63, 3.8) is 0 Å². The van der Waals surface area contributed by atoms with Crippen molar-refractivity contribution >= 4 is 70.9 Å². The van der Waals surface area contributed by atoms with Crippen molar-refractivity contribution in [2.75, 3.05) is 65.6 Å². The Kier molecular flexibility index (Phi) is 20.5. The zero-order valence-corrected chi connectivity index (χ0v) is 38.5. The van der Waals surface area contributed by atoms with Gasteiger partial charge in [-0.25, -0.2) is 4.79 Å². The van der Waals surface area contributed by atoms with E-state index >= 15 is 0 Å². The van der Waals surface area contributed by atoms with Crippen molar-refractivity contribution < 1.29 is 78.0 Å². The number of aliphatic hydroxyl groups excluding tert-OH is 3. The number of hydrogen-bond acceptors (Lipinski definition) is 16. The lowest BCUT2D eigenvalue weighted by molar-refractivity contribution is -0.151. The van der Waals surface area contributed by atoms with E-state index in [2.05, 4.69) is 37.2 Å². The second-order valence-corrected chi connectivity index (χ2v) is 17.2. The van der Waals surface area contributed by atoms with Crippen LogP contribution < -0.4 is 43.0 Å². The molecule has 13 N–H and O–H groups in total. The minimum Gasteiger partial charge on any atom is -0.480 e. The van der Waals surface area contributed by atoms with Crippen LogP contribution >= 0.6 is 0 Å². The highest BCUT2D eigenvalue weighted by Crippen LogP contribution is 2.29. The fraction of sp³-hybridized carbons (Fsp3) is 0.707. The first-order chi connectivity index (χ1) is 32.7. The molecule has 0 aromatic carbocycles. The SMILES string of the molecule is C[C@H](N)C(=O)NCC(=O)NCC(=O)N1CCC[C@H]1C(=O)N[C@@H](CO)C(=O)N[C@@H](CO)C(=O)NCC(=O)N[C@@H](C)C(=O)N1CCC[C@H]1C(=O)N1CCC[C@H]1C(=O)N1CCC[C@H]1C(=O)N[C@@H](CO)C(=O)O. The standard InChI is InChI=1S/C41H64N12O16/c1-21(42)33(60)44-15-30(57)43-17-32(59)50-11-3-7-26(50)36(63)48-24(19-55)35(62)47-23(18-54)34(61)45-16-31(58)46-22(2)38(65)52-13-5-9-28(52)40(67)53-14-6-10-29(53)39(66)51-12-4-8-27(51)37(64)49-25(20-56)41(68)69/h21-29,54-56H,3-20,42H2,1-2H3,(H,43,57)(H,44,60)(H,45,61)(H,46,58)(H,47,62)(H,48,63)(H,49,64)(H,68,69)/t21-,22-,23-,24-,25-,26-,27-,28-,29-/m0/s1. The number of nitrogens with one attached hydrogen (secondary N) is 7. The molecule has 4 aliphatic rings. The number of carbonyl (C=O) groups excluding carboxylic acids is 11. The molecule has 0 aromatic heterocycles. The third-order valence-electron chi connectivity index (χ3n) is 12.2. The number of aliphatic hydroxyl groups is 3. The number of hydrogen-bond donors (Lipinski definition) is 12. The molecular weight excluding hydrogens is 917 g/mol. The van der Waals surface area contributed by atoms with Crippen molar-refractivity contribution in [1.29, 1.82) is 0 Å². The molecule has 4 aliphatic heterocycles. The van der Waals surface area contributed by atoms with Gasteiger partial charge in [0.05, 0.1) is 45.5 Å². The Morgan fingerprint density at radius 3 is 1.48 bits per heavy atom. The second kappa shape index (κ2) is 25.7. The molecule has 4 rings (SSSR count). The minimum atomic E-state index is -1.68. The molecule has 0 aromatic rings. The van der Waals surface area contributed by atoms with Crippen molar-refractivity contribution in [1.82, 2.24) is 56.8 Å². The summed E-state index contributed by atoms with van der Waals surface area (Å²) in [5.74, 6) is -9.55. The monoisotopic (exact) mass is 980 g/mol. The summed E-state index contributed by atoms with van der Waals surface area (Å²) in [7, 11) is 0. The van der Waals surface area contributed by atoms with Crippen LogP contribution in [0, 0.1) is 0 Å². The molecule has 4 heterocycles. The van der Waals surface area contributed by atoms with Gasteiger partial charge in [-0.1, -0.05) is 0 Å². The molecule has 4 saturated heterocycles. The van der Waals surface area contributed by atoms with Gasteiger partial charge in [0.15, 0.2) is 0 Å². The van der Waals surface area contributed by atoms with Gasteiger partial charge in [0.25, 0.3) is 0 Å². The van der Waals surface area contributed by atoms with Crippen LogP contribution in [-0.2, 0) is 57.5 Å². The average Bonchev–Trinajstić information content (AvgIpc) is 4.18. The molecule has 28 nitrogen and oxygen atoms in total. The van der Waals surface area contributed by atoms with E-state index in [9.17, 15) is 78.0 Å². The van der Waals surface area contributed by atoms with Gasteiger partial charge >= 0.3 is 5.97 Å². The summed E-state index contributed by atoms with van der Waals surface area (Å²) in [5.41, 5.74) is 5.43. The summed E-state index contributed by atoms with van der Waals surface area (Å²) >= 11 is 0. The zero-order valence-electron chi connectivity index (χ0n) is 38.5. The molecule has 11 amide bonds. The van der Waals surface area contributed by atoms with Gasteiger partial charge in [-0.15, -0.1) is 0 Å². The number of carboxylic acids is 1. The van der Waals surface area contributed by atoms with Crippen LogP contribution in [0.3, 0.4) is 0 Å². The Morgan fingerprint density at radius 1 is 0.507 bits per heavy atom. The first-order valence-electron chi connectivity index (χ1n) is 22.8. The number of likely N-dealkylation sites (tertiary alicyclic amines) is 4. The quantitative estimate of drug-likeness (QED) is 0.0479. The van der Waals surface area contributed by atoms with Crippen LogP contribution in [0.4, 0.5) is 0 Å². The molecule has 0 bridgehead atoms. The third-order valence-corrected chi connectivity index (χ3v) is 12.2. The van der Waals surface area contributed by atoms with Gasteiger partial charge in [-0.05, 0) is 65.2 Å². The normalized spacial score (nSPS) is 22.1. The summed E-state index contributed by atoms with van der Waals surface area (Å²) in [6, 6.07) is -11.0. The van der Waals surface area contributed by atoms with E-state index in [1.54, 1.807) is 0 Å². The number of nitrogens with zero attached hydrogens (tertiary/aromatic N) is 4. The van der Waals surface area contributed by atoms with Gasteiger partial charge in [0, 0.05) is 26.2 Å². The van der Waals surface area contributed by atoms with E-state index in [4.69, 9.17) is 5.73 Å². The van der Waals surface area contributed by atoms with Crippen LogP contribution in [0.1, 0.15) is 65.2 Å². The van der Waals surface area contributed by atoms with E-state index in [0.29, 0.717) is 25.7 Å². The number of carboxylic acid groups (broad SMARTS) is 1. The molecule has 0 saturated carbocycles. The van der Waals surface area contributed by atoms with E-state index in [1.165, 1.54) is 33.4 Å². The van der Waals surface area contributed by atoms with E-state index in [1.807, 2.05) is 0 Å². The smallest absolute Gasteiger partial charge is 0.328 e. The highest BCUT2D eigenvalue weighted by molar-refractivity contribution is 5.98. The predicted octanol–water partition coefficient (Wildman–Crippen LogP) is -8.33. The highest BCUT2D eigenvalue weighted by Gasteiger charge is 2.46. The van der Waals surface area contributed by atoms with Crippen LogP contribution in [0.5, 0.6) is 0 Å². The van der Waals surface area contributed by atoms with Gasteiger partial charge in [0.1, 0.15) is 48.3 Å². The maximum atomic E-state index is 14.0. The summed E-state index contributed by atoms with van der Waals surface area (Å²) in [6.07, 6.45) is 2.73. The Morgan fingerprint density at radius 2 is 0.942 bits per heavy atom. The number of nitrogens with two attached hydrogens (primary N) is 1. The summed E-state index contributed by atoms with van der Waals surface area (Å²) < 4.78 is 0. The number of amides is 11. The molecule has 0 spiro atoms. The highest BCUT2D eigenvalue weighted by atomic mass is 16.4. The molecule has 0 unspecified atom stereocenters. The Balaban J connectivity index is 1.24. The summed E-state index contributed by atoms with van der Waals surface area (Å²) in [6.45, 7) is -0.999. The Labute approximate surface area is 396 Å². The van der Waals surface area contributed by atoms with Gasteiger partial charge < -0.3 is 83.0 Å². The van der Waals surface area contributed by atoms with Crippen molar-refractivity contribution in [2.45, 2.75) is 120 Å². The maximum absolute atomic E-state index is 14.0. The zero-order chi connectivity index (χ0) is 51.1. The summed E-state index contributed by atoms with van der Waals surface area (Å²) in [5, 5.41) is 54.4. The average molecular weight is 981 g/mol. The number of carbonyl (C=O) groups is 12. The fourth-order valence-corrected chi connectivity index (χ4v) is 8.54. The Bertz CT molecular complexity index is 1970. The third kappa shape index (κ3) is 14.5. The van der Waals surface area contributed by atoms with Gasteiger partial charge in [0.2, 0.25) is 65.0 Å². The Hall–Kier alpha value is -6.52. The first kappa shape index (κ1) is 55.1. The lowest BCUT2D eigenvalue weighted by atomic mass is 10.1. The minimum absolute atomic E-state index is 0.137. The molecule has 69 heavy (non-hydrogen) atoms. The number of rotatable bonds is 22. The topological polar surface area (TPSA) is 409 Å². The summed E-state index contributed by atoms with van der Waals surface area (Å²) in [4.78, 5) is 159. The predicted molar refractivity (Wildman–Crippen MR) is 234 cm³/mol. The molecule has 28 heteroatoms. The molecule has 9 atom stereocenters. The van der Waals surface area contributed by atoms with Crippen LogP contribution in [0.2, 0.25) is 0 Å². The largest absolute Gasteiger partial charge is 0.480 e. The molecular formula is C41H64N12O16. The van der Waals surface area contributed by atoms with Crippen LogP contribution in [0.25, 0.3) is 0 Å². The van der Waals surface area contributed by atoms with Crippen molar-refractivity contribution in [3.05, 3.63) is 0 Å². The van der Waals surface area contributed by atoms with Gasteiger partial charge in [-0.2, -0.15) is 0 Å². The molecule has 0 radical (unpaired) electrons. The van der Waals surface area contributed by atoms with Crippen LogP contribution in [-0.4, -0.2) is 231 Å².